The van der Waals surface area contributed by atoms with Gasteiger partial charge in [0.25, 0.3) is 6.71 Å². The Hall–Kier alpha value is -6.56. The summed E-state index contributed by atoms with van der Waals surface area (Å²) in [6.45, 7) is 31.8. The van der Waals surface area contributed by atoms with Gasteiger partial charge in [0.05, 0.1) is 5.69 Å². The molecule has 74 heavy (non-hydrogen) atoms. The second kappa shape index (κ2) is 16.0. The van der Waals surface area contributed by atoms with E-state index >= 15 is 0 Å². The summed E-state index contributed by atoms with van der Waals surface area (Å²) in [5.74, 6) is 0. The van der Waals surface area contributed by atoms with Gasteiger partial charge in [-0.2, -0.15) is 0 Å². The highest BCUT2D eigenvalue weighted by molar-refractivity contribution is 7.26. The minimum Gasteiger partial charge on any atom is -0.311 e. The average Bonchev–Trinajstić information content (AvgIpc) is 3.82. The number of para-hydroxylation sites is 2. The van der Waals surface area contributed by atoms with E-state index in [2.05, 4.69) is 256 Å². The Morgan fingerprint density at radius 1 is 0.473 bits per heavy atom. The molecule has 0 spiro atoms. The minimum absolute atomic E-state index is 0.0154. The quantitative estimate of drug-likeness (QED) is 0.159. The van der Waals surface area contributed by atoms with Crippen LogP contribution in [0.4, 0.5) is 51.2 Å². The molecule has 0 saturated carbocycles. The van der Waals surface area contributed by atoms with Gasteiger partial charge in [0.2, 0.25) is 0 Å². The van der Waals surface area contributed by atoms with E-state index in [1.807, 2.05) is 11.3 Å². The van der Waals surface area contributed by atoms with Crippen LogP contribution in [0.15, 0.2) is 152 Å². The summed E-state index contributed by atoms with van der Waals surface area (Å²) in [6, 6.07) is 58.7. The van der Waals surface area contributed by atoms with Gasteiger partial charge in [-0.1, -0.05) is 155 Å². The summed E-state index contributed by atoms with van der Waals surface area (Å²) in [6.07, 6.45) is 3.47. The molecule has 13 rings (SSSR count). The molecule has 0 saturated heterocycles. The molecule has 0 amide bonds. The normalized spacial score (nSPS) is 17.4. The lowest BCUT2D eigenvalue weighted by Gasteiger charge is -2.47. The highest BCUT2D eigenvalue weighted by atomic mass is 32.1. The van der Waals surface area contributed by atoms with Crippen molar-refractivity contribution in [2.45, 2.75) is 136 Å². The van der Waals surface area contributed by atoms with E-state index in [1.54, 1.807) is 0 Å². The van der Waals surface area contributed by atoms with Gasteiger partial charge >= 0.3 is 0 Å². The topological polar surface area (TPSA) is 9.72 Å². The zero-order chi connectivity index (χ0) is 51.6. The van der Waals surface area contributed by atoms with Crippen LogP contribution in [0.2, 0.25) is 0 Å². The van der Waals surface area contributed by atoms with E-state index in [1.165, 1.54) is 122 Å². The predicted molar refractivity (Wildman–Crippen MR) is 322 cm³/mol. The summed E-state index contributed by atoms with van der Waals surface area (Å²) in [7, 11) is 0. The van der Waals surface area contributed by atoms with Gasteiger partial charge in [-0.15, -0.1) is 11.3 Å². The van der Waals surface area contributed by atoms with Crippen LogP contribution >= 0.6 is 11.3 Å². The summed E-state index contributed by atoms with van der Waals surface area (Å²) in [5, 5.41) is 2.67. The smallest absolute Gasteiger partial charge is 0.252 e. The van der Waals surface area contributed by atoms with Crippen molar-refractivity contribution in [3.05, 3.63) is 191 Å². The zero-order valence-electron chi connectivity index (χ0n) is 45.9. The van der Waals surface area contributed by atoms with Crippen LogP contribution in [0, 0.1) is 13.8 Å². The molecule has 0 unspecified atom stereocenters. The zero-order valence-corrected chi connectivity index (χ0v) is 46.7. The van der Waals surface area contributed by atoms with Crippen molar-refractivity contribution in [2.24, 2.45) is 0 Å². The molecular formula is C69H70BN3S. The first-order chi connectivity index (χ1) is 35.1. The molecule has 9 aromatic rings. The summed E-state index contributed by atoms with van der Waals surface area (Å²) in [5.41, 5.74) is 25.1. The largest absolute Gasteiger partial charge is 0.311 e. The lowest BCUT2D eigenvalue weighted by Crippen LogP contribution is -2.61. The molecule has 0 radical (unpaired) electrons. The number of hydrogen-bond acceptors (Lipinski definition) is 4. The Morgan fingerprint density at radius 3 is 1.65 bits per heavy atom. The van der Waals surface area contributed by atoms with Crippen molar-refractivity contribution < 1.29 is 0 Å². The first kappa shape index (κ1) is 47.2. The molecule has 3 heterocycles. The first-order valence-electron chi connectivity index (χ1n) is 27.2. The monoisotopic (exact) mass is 984 g/mol. The minimum atomic E-state index is -0.188. The van der Waals surface area contributed by atoms with E-state index in [4.69, 9.17) is 0 Å². The fourth-order valence-corrected chi connectivity index (χ4v) is 15.9. The van der Waals surface area contributed by atoms with Crippen LogP contribution in [-0.2, 0) is 27.1 Å². The van der Waals surface area contributed by atoms with Crippen molar-refractivity contribution in [3.63, 3.8) is 0 Å². The van der Waals surface area contributed by atoms with Gasteiger partial charge in [0, 0.05) is 65.7 Å². The fourth-order valence-electron chi connectivity index (χ4n) is 14.5. The maximum atomic E-state index is 2.73. The maximum Gasteiger partial charge on any atom is 0.252 e. The van der Waals surface area contributed by atoms with Crippen LogP contribution in [0.3, 0.4) is 0 Å². The average molecular weight is 984 g/mol. The Kier molecular flexibility index (Phi) is 10.2. The van der Waals surface area contributed by atoms with E-state index in [9.17, 15) is 0 Å². The SMILES string of the molecule is Cc1cc2c3c(c1)N(c1ccc4c(sc5ccccc54)c1C(C)(C)C)c1cc(N(c4ccccc4)c4ccccc4)ccc1B3c1cc3c(cc1N2c1cc2c(cc1C)C(C)(C)CCC2(C)C)C(C)(C)CC3(C)C. The maximum absolute atomic E-state index is 2.73. The number of aryl methyl sites for hydroxylation is 2. The Balaban J connectivity index is 1.16. The molecule has 2 aliphatic carbocycles. The molecule has 4 aliphatic rings. The van der Waals surface area contributed by atoms with Crippen LogP contribution in [0.1, 0.15) is 134 Å². The Morgan fingerprint density at radius 2 is 1.01 bits per heavy atom. The highest BCUT2D eigenvalue weighted by Crippen LogP contribution is 2.56. The Bertz CT molecular complexity index is 3750. The van der Waals surface area contributed by atoms with E-state index in [-0.39, 0.29) is 33.8 Å². The summed E-state index contributed by atoms with van der Waals surface area (Å²) < 4.78 is 2.70. The fraction of sp³-hybridized carbons (Fsp3) is 0.304. The number of hydrogen-bond donors (Lipinski definition) is 0. The number of nitrogens with zero attached hydrogens (tertiary/aromatic N) is 3. The summed E-state index contributed by atoms with van der Waals surface area (Å²) >= 11 is 1.95. The van der Waals surface area contributed by atoms with Gasteiger partial charge in [-0.3, -0.25) is 0 Å². The van der Waals surface area contributed by atoms with Crippen LogP contribution < -0.4 is 31.1 Å². The number of anilines is 9. The Labute approximate surface area is 445 Å². The lowest BCUT2D eigenvalue weighted by atomic mass is 9.33. The van der Waals surface area contributed by atoms with Gasteiger partial charge in [-0.05, 0) is 188 Å². The van der Waals surface area contributed by atoms with Crippen molar-refractivity contribution >= 4 is 106 Å². The van der Waals surface area contributed by atoms with Gasteiger partial charge in [-0.25, -0.2) is 0 Å². The first-order valence-corrected chi connectivity index (χ1v) is 28.0. The van der Waals surface area contributed by atoms with E-state index in [0.29, 0.717) is 0 Å². The lowest BCUT2D eigenvalue weighted by molar-refractivity contribution is 0.332. The van der Waals surface area contributed by atoms with Crippen molar-refractivity contribution in [1.82, 2.24) is 0 Å². The molecule has 5 heteroatoms. The molecule has 8 aromatic carbocycles. The van der Waals surface area contributed by atoms with Gasteiger partial charge in [0.15, 0.2) is 0 Å². The van der Waals surface area contributed by atoms with Gasteiger partial charge < -0.3 is 14.7 Å². The van der Waals surface area contributed by atoms with Gasteiger partial charge in [0.1, 0.15) is 0 Å². The molecule has 2 aliphatic heterocycles. The third-order valence-electron chi connectivity index (χ3n) is 17.9. The molecule has 3 nitrogen and oxygen atoms in total. The third-order valence-corrected chi connectivity index (χ3v) is 19.1. The molecule has 0 N–H and O–H groups in total. The predicted octanol–water partition coefficient (Wildman–Crippen LogP) is 17.8. The molecule has 0 bridgehead atoms. The molecule has 0 fully saturated rings. The third kappa shape index (κ3) is 6.97. The van der Waals surface area contributed by atoms with Crippen molar-refractivity contribution in [3.8, 4) is 0 Å². The highest BCUT2D eigenvalue weighted by Gasteiger charge is 2.49. The van der Waals surface area contributed by atoms with Crippen LogP contribution in [0.25, 0.3) is 20.2 Å². The van der Waals surface area contributed by atoms with Crippen molar-refractivity contribution in [2.75, 3.05) is 14.7 Å². The number of fused-ring (bicyclic) bond motifs is 9. The standard InChI is InChI=1S/C69H70BN3S/c1-42-34-59-63-60(35-42)73(56-39-51-49(36-43(56)2)66(6,7)32-33-67(51,8)9)58-40-52-50(68(10,11)41-69(52,12)13)38-54(58)70(63)53-30-28-46(71(44-22-16-14-17-23-44)45-24-18-15-19-25-45)37-57(53)72(59)55-31-29-48-47-26-20-21-27-61(47)74-64(48)62(55)65(3,4)5/h14-31,34-40H,32-33,41H2,1-13H3. The van der Waals surface area contributed by atoms with E-state index in [0.717, 1.165) is 23.5 Å². The van der Waals surface area contributed by atoms with Crippen LogP contribution in [0.5, 0.6) is 0 Å². The second-order valence-electron chi connectivity index (χ2n) is 26.1. The number of thiophene rings is 1. The summed E-state index contributed by atoms with van der Waals surface area (Å²) in [4.78, 5) is 7.87. The molecular weight excluding hydrogens is 914 g/mol. The molecule has 0 atom stereocenters. The van der Waals surface area contributed by atoms with Crippen LogP contribution in [-0.4, -0.2) is 6.71 Å². The van der Waals surface area contributed by atoms with E-state index < -0.39 is 0 Å². The molecule has 370 valence electrons. The number of benzene rings is 8. The molecule has 1 aromatic heterocycles. The number of rotatable bonds is 5. The van der Waals surface area contributed by atoms with Crippen molar-refractivity contribution in [1.29, 1.82) is 0 Å². The second-order valence-corrected chi connectivity index (χ2v) is 27.2.